The third kappa shape index (κ3) is 2.35. The van der Waals surface area contributed by atoms with Crippen LogP contribution in [0.15, 0.2) is 0 Å². The molecule has 1 N–H and O–H groups in total. The molecule has 6 atom stereocenters. The fraction of sp³-hybridized carbons (Fsp3) is 0.895. The molecule has 2 saturated heterocycles. The highest BCUT2D eigenvalue weighted by molar-refractivity contribution is 5.79. The number of rotatable bonds is 3. The summed E-state index contributed by atoms with van der Waals surface area (Å²) in [5.41, 5.74) is 0.563. The first-order valence-corrected chi connectivity index (χ1v) is 9.76. The number of likely N-dealkylation sites (tertiary alicyclic amines) is 1. The van der Waals surface area contributed by atoms with E-state index >= 15 is 0 Å². The number of nitrogens with zero attached hydrogens (tertiary/aromatic N) is 2. The van der Waals surface area contributed by atoms with Crippen LogP contribution in [0.2, 0.25) is 0 Å². The van der Waals surface area contributed by atoms with Gasteiger partial charge >= 0.3 is 0 Å². The van der Waals surface area contributed by atoms with E-state index in [9.17, 15) is 9.18 Å². The second-order valence-electron chi connectivity index (χ2n) is 8.98. The van der Waals surface area contributed by atoms with E-state index in [-0.39, 0.29) is 31.0 Å². The summed E-state index contributed by atoms with van der Waals surface area (Å²) in [6, 6.07) is 1.86. The molecule has 0 bridgehead atoms. The van der Waals surface area contributed by atoms with Gasteiger partial charge in [-0.1, -0.05) is 0 Å². The molecule has 1 unspecified atom stereocenters. The molecule has 0 aromatic rings. The molecule has 5 rings (SSSR count). The number of hydrogen-bond donors (Lipinski definition) is 1. The minimum absolute atomic E-state index is 0.0691. The normalized spacial score (nSPS) is 46.2. The van der Waals surface area contributed by atoms with E-state index in [0.29, 0.717) is 11.5 Å². The quantitative estimate of drug-likeness (QED) is 0.845. The number of halogens is 1. The van der Waals surface area contributed by atoms with Gasteiger partial charge in [0, 0.05) is 12.5 Å². The predicted molar refractivity (Wildman–Crippen MR) is 88.2 cm³/mol. The van der Waals surface area contributed by atoms with Crippen molar-refractivity contribution in [2.75, 3.05) is 19.7 Å². The van der Waals surface area contributed by atoms with Crippen molar-refractivity contribution in [1.82, 2.24) is 10.2 Å². The van der Waals surface area contributed by atoms with Crippen molar-refractivity contribution in [1.29, 1.82) is 5.26 Å². The van der Waals surface area contributed by atoms with Gasteiger partial charge in [-0.2, -0.15) is 5.26 Å². The monoisotopic (exact) mass is 347 g/mol. The molecule has 6 heteroatoms. The third-order valence-electron chi connectivity index (χ3n) is 7.78. The summed E-state index contributed by atoms with van der Waals surface area (Å²) in [7, 11) is 0. The molecule has 0 aromatic heterocycles. The molecule has 3 aliphatic carbocycles. The Bertz CT molecular complexity index is 625. The highest BCUT2D eigenvalue weighted by Crippen LogP contribution is 2.70. The summed E-state index contributed by atoms with van der Waals surface area (Å²) in [6.07, 6.45) is 6.36. The molecule has 5 fully saturated rings. The van der Waals surface area contributed by atoms with Gasteiger partial charge in [0.1, 0.15) is 12.2 Å². The van der Waals surface area contributed by atoms with Crippen molar-refractivity contribution in [3.05, 3.63) is 0 Å². The molecule has 2 aliphatic heterocycles. The first-order chi connectivity index (χ1) is 12.1. The lowest BCUT2D eigenvalue weighted by molar-refractivity contribution is -0.147. The van der Waals surface area contributed by atoms with Crippen molar-refractivity contribution in [3.8, 4) is 6.07 Å². The van der Waals surface area contributed by atoms with Crippen LogP contribution in [0.3, 0.4) is 0 Å². The van der Waals surface area contributed by atoms with Crippen molar-refractivity contribution < 1.29 is 13.9 Å². The minimum Gasteiger partial charge on any atom is -0.375 e. The first kappa shape index (κ1) is 16.0. The Morgan fingerprint density at radius 1 is 1.32 bits per heavy atom. The summed E-state index contributed by atoms with van der Waals surface area (Å²) in [6.45, 7) is 1.23. The number of fused-ring (bicyclic) bond motifs is 2. The van der Waals surface area contributed by atoms with E-state index in [1.165, 1.54) is 37.0 Å². The Morgan fingerprint density at radius 3 is 2.76 bits per heavy atom. The van der Waals surface area contributed by atoms with Crippen LogP contribution < -0.4 is 5.32 Å². The van der Waals surface area contributed by atoms with Gasteiger partial charge in [-0.25, -0.2) is 4.39 Å². The van der Waals surface area contributed by atoms with Crippen LogP contribution >= 0.6 is 0 Å². The topological polar surface area (TPSA) is 65.4 Å². The third-order valence-corrected chi connectivity index (χ3v) is 7.78. The number of ether oxygens (including phenoxy) is 1. The number of alkyl halides is 1. The minimum atomic E-state index is -1.06. The van der Waals surface area contributed by atoms with Crippen molar-refractivity contribution in [2.45, 2.75) is 68.8 Å². The van der Waals surface area contributed by atoms with Gasteiger partial charge in [0.15, 0.2) is 0 Å². The molecule has 5 aliphatic rings. The van der Waals surface area contributed by atoms with E-state index in [0.717, 1.165) is 24.9 Å². The van der Waals surface area contributed by atoms with Crippen LogP contribution in [0.5, 0.6) is 0 Å². The van der Waals surface area contributed by atoms with Crippen LogP contribution in [0.4, 0.5) is 4.39 Å². The smallest absolute Gasteiger partial charge is 0.237 e. The largest absolute Gasteiger partial charge is 0.375 e. The van der Waals surface area contributed by atoms with Crippen LogP contribution in [-0.2, 0) is 9.53 Å². The maximum absolute atomic E-state index is 13.5. The SMILES string of the molecule is N#C[C@@H]1C[C@H](F)CN1C(=O)CN[C@@H]1C[C@H]2CC3(CCO3)C[C@H]2C12CC2. The molecular formula is C19H26FN3O2. The number of amides is 1. The molecule has 1 amide bonds. The van der Waals surface area contributed by atoms with Crippen molar-refractivity contribution >= 4 is 5.91 Å². The molecule has 5 nitrogen and oxygen atoms in total. The zero-order chi connectivity index (χ0) is 17.2. The highest BCUT2D eigenvalue weighted by atomic mass is 19.1. The molecule has 2 spiro atoms. The van der Waals surface area contributed by atoms with Gasteiger partial charge in [0.2, 0.25) is 5.91 Å². The van der Waals surface area contributed by atoms with Gasteiger partial charge in [-0.15, -0.1) is 0 Å². The maximum Gasteiger partial charge on any atom is 0.237 e. The van der Waals surface area contributed by atoms with Gasteiger partial charge in [0.25, 0.3) is 0 Å². The van der Waals surface area contributed by atoms with Gasteiger partial charge in [-0.3, -0.25) is 4.79 Å². The Labute approximate surface area is 147 Å². The first-order valence-electron chi connectivity index (χ1n) is 9.76. The summed E-state index contributed by atoms with van der Waals surface area (Å²) in [5, 5.41) is 12.6. The van der Waals surface area contributed by atoms with Gasteiger partial charge < -0.3 is 15.0 Å². The summed E-state index contributed by atoms with van der Waals surface area (Å²) in [4.78, 5) is 13.9. The number of nitrogens with one attached hydrogen (secondary N) is 1. The standard InChI is InChI=1S/C19H26FN3O2/c20-13-6-14(9-21)23(11-13)17(24)10-22-16-5-12-7-18(3-4-25-18)8-15(12)19(16)1-2-19/h12-16,22H,1-8,10-11H2/t12-,13-,14-,15+,16+,18?/m0/s1. The zero-order valence-electron chi connectivity index (χ0n) is 14.5. The fourth-order valence-electron chi connectivity index (χ4n) is 6.34. The van der Waals surface area contributed by atoms with E-state index in [2.05, 4.69) is 11.4 Å². The Morgan fingerprint density at radius 2 is 2.12 bits per heavy atom. The molecular weight excluding hydrogens is 321 g/mol. The van der Waals surface area contributed by atoms with Gasteiger partial charge in [-0.05, 0) is 55.8 Å². The Kier molecular flexibility index (Phi) is 3.46. The number of hydrogen-bond acceptors (Lipinski definition) is 4. The summed E-state index contributed by atoms with van der Waals surface area (Å²) in [5.74, 6) is 1.34. The van der Waals surface area contributed by atoms with E-state index in [4.69, 9.17) is 10.00 Å². The zero-order valence-corrected chi connectivity index (χ0v) is 14.5. The van der Waals surface area contributed by atoms with E-state index < -0.39 is 12.2 Å². The highest BCUT2D eigenvalue weighted by Gasteiger charge is 2.67. The number of carbonyl (C=O) groups excluding carboxylic acids is 1. The lowest BCUT2D eigenvalue weighted by Crippen LogP contribution is -2.47. The second-order valence-corrected chi connectivity index (χ2v) is 8.98. The van der Waals surface area contributed by atoms with Crippen LogP contribution in [0.1, 0.15) is 44.9 Å². The van der Waals surface area contributed by atoms with Crippen molar-refractivity contribution in [2.24, 2.45) is 17.3 Å². The molecule has 3 saturated carbocycles. The van der Waals surface area contributed by atoms with Crippen LogP contribution in [-0.4, -0.2) is 54.4 Å². The van der Waals surface area contributed by atoms with Gasteiger partial charge in [0.05, 0.1) is 31.4 Å². The van der Waals surface area contributed by atoms with E-state index in [1.807, 2.05) is 0 Å². The molecule has 2 heterocycles. The Hall–Kier alpha value is -1.19. The predicted octanol–water partition coefficient (Wildman–Crippen LogP) is 1.78. The maximum atomic E-state index is 13.5. The average molecular weight is 347 g/mol. The number of nitriles is 1. The summed E-state index contributed by atoms with van der Waals surface area (Å²) < 4.78 is 19.5. The molecule has 0 radical (unpaired) electrons. The van der Waals surface area contributed by atoms with Crippen LogP contribution in [0, 0.1) is 28.6 Å². The average Bonchev–Trinajstić information content (AvgIpc) is 3.00. The van der Waals surface area contributed by atoms with Crippen LogP contribution in [0.25, 0.3) is 0 Å². The molecule has 0 aromatic carbocycles. The fourth-order valence-corrected chi connectivity index (χ4v) is 6.34. The Balaban J connectivity index is 1.20. The lowest BCUT2D eigenvalue weighted by atomic mass is 9.83. The second kappa shape index (κ2) is 5.40. The lowest BCUT2D eigenvalue weighted by Gasteiger charge is -2.40. The summed E-state index contributed by atoms with van der Waals surface area (Å²) >= 11 is 0. The van der Waals surface area contributed by atoms with E-state index in [1.54, 1.807) is 0 Å². The molecule has 136 valence electrons. The van der Waals surface area contributed by atoms with Crippen molar-refractivity contribution in [3.63, 3.8) is 0 Å². The molecule has 25 heavy (non-hydrogen) atoms. The number of carbonyl (C=O) groups is 1.